The third-order valence-electron chi connectivity index (χ3n) is 22.7. The first-order valence-corrected chi connectivity index (χ1v) is 42.5. The molecule has 6 fully saturated rings. The van der Waals surface area contributed by atoms with E-state index in [1.165, 1.54) is 109 Å². The molecule has 6 heterocycles. The lowest BCUT2D eigenvalue weighted by atomic mass is 9.88. The van der Waals surface area contributed by atoms with E-state index in [0.717, 1.165) is 78.1 Å². The Hall–Kier alpha value is -3.58. The van der Waals surface area contributed by atoms with Crippen LogP contribution in [0.2, 0.25) is 0 Å². The van der Waals surface area contributed by atoms with Crippen molar-refractivity contribution in [2.24, 2.45) is 0 Å². The number of carbonyl (C=O) groups is 4. The summed E-state index contributed by atoms with van der Waals surface area (Å²) in [7, 11) is 0. The van der Waals surface area contributed by atoms with E-state index >= 15 is 0 Å². The van der Waals surface area contributed by atoms with Crippen LogP contribution in [0, 0.1) is 0 Å². The minimum Gasteiger partial charge on any atom is -0.477 e. The number of hydrogen-bond donors (Lipinski definition) is 22. The van der Waals surface area contributed by atoms with Gasteiger partial charge >= 0.3 is 5.97 Å². The maximum absolute atomic E-state index is 14.0. The topological polar surface area (TPSA) is 600 Å². The van der Waals surface area contributed by atoms with Gasteiger partial charge in [-0.15, -0.1) is 0 Å². The van der Waals surface area contributed by atoms with E-state index < -0.39 is 272 Å². The van der Waals surface area contributed by atoms with Gasteiger partial charge in [0.1, 0.15) is 134 Å². The minimum absolute atomic E-state index is 0.118. The lowest BCUT2D eigenvalue weighted by Gasteiger charge is -2.53. The van der Waals surface area contributed by atoms with Crippen LogP contribution in [-0.2, 0) is 76.0 Å². The van der Waals surface area contributed by atoms with Crippen LogP contribution in [0.25, 0.3) is 0 Å². The van der Waals surface area contributed by atoms with Crippen LogP contribution in [0.1, 0.15) is 221 Å². The lowest BCUT2D eigenvalue weighted by molar-refractivity contribution is -0.405. The Bertz CT molecular complexity index is 2810. The summed E-state index contributed by atoms with van der Waals surface area (Å²) in [4.78, 5) is 53.6. The van der Waals surface area contributed by atoms with Gasteiger partial charge in [0.25, 0.3) is 5.79 Å². The number of carbonyl (C=O) groups excluding carboxylic acids is 3. The van der Waals surface area contributed by atoms with Crippen LogP contribution in [0.5, 0.6) is 0 Å². The summed E-state index contributed by atoms with van der Waals surface area (Å²) < 4.78 is 72.6. The number of hydrogen-bond acceptors (Lipinski definition) is 34. The van der Waals surface area contributed by atoms with Crippen molar-refractivity contribution in [2.45, 2.75) is 423 Å². The number of unbranched alkanes of at least 4 members (excludes halogenated alkanes) is 25. The number of allylic oxidation sites excluding steroid dienone is 1. The molecule has 0 saturated carbocycles. The highest BCUT2D eigenvalue weighted by molar-refractivity contribution is 5.77. The first kappa shape index (κ1) is 102. The summed E-state index contributed by atoms with van der Waals surface area (Å²) in [6.45, 7) is 1.26. The summed E-state index contributed by atoms with van der Waals surface area (Å²) >= 11 is 0. The summed E-state index contributed by atoms with van der Waals surface area (Å²) in [6.07, 6.45) is -27.5. The van der Waals surface area contributed by atoms with Crippen LogP contribution in [0.3, 0.4) is 0 Å². The Morgan fingerprint density at radius 1 is 0.462 bits per heavy atom. The molecule has 0 spiro atoms. The monoisotopic (exact) mass is 1690 g/mol. The first-order valence-electron chi connectivity index (χ1n) is 42.5. The summed E-state index contributed by atoms with van der Waals surface area (Å²) in [5.74, 6) is -7.89. The average molecular weight is 1690 g/mol. The predicted octanol–water partition coefficient (Wildman–Crippen LogP) is -2.19. The van der Waals surface area contributed by atoms with Gasteiger partial charge < -0.3 is 170 Å². The van der Waals surface area contributed by atoms with E-state index in [1.54, 1.807) is 6.08 Å². The number of nitrogens with one attached hydrogen (secondary N) is 3. The number of carboxylic acid groups (broad SMARTS) is 1. The van der Waals surface area contributed by atoms with E-state index in [-0.39, 0.29) is 6.42 Å². The Kier molecular flexibility index (Phi) is 46.2. The molecule has 117 heavy (non-hydrogen) atoms. The number of carboxylic acids is 1. The number of aliphatic hydroxyl groups excluding tert-OH is 18. The van der Waals surface area contributed by atoms with Crippen LogP contribution >= 0.6 is 0 Å². The van der Waals surface area contributed by atoms with Gasteiger partial charge in [-0.05, 0) is 26.2 Å². The Balaban J connectivity index is 1.27. The highest BCUT2D eigenvalue weighted by atomic mass is 16.8. The van der Waals surface area contributed by atoms with E-state index in [2.05, 4.69) is 29.8 Å². The van der Waals surface area contributed by atoms with Crippen molar-refractivity contribution >= 4 is 23.7 Å². The van der Waals surface area contributed by atoms with Crippen molar-refractivity contribution in [2.75, 3.05) is 39.6 Å². The average Bonchev–Trinajstić information content (AvgIpc) is 0.748. The minimum atomic E-state index is -3.44. The van der Waals surface area contributed by atoms with Crippen molar-refractivity contribution in [3.8, 4) is 0 Å². The standard InChI is InChI=1S/C79H141N3O35/c1-6-8-10-12-14-16-18-20-21-23-25-27-29-31-33-35-54(93)82-46(47(90)34-32-30-28-26-24-22-19-17-15-13-11-9-7-2)42-106-74-65(102)63(100)67(52(40-86)110-74)112-76-66(103)71(117-79(78(104)105)36-48(91)55(80-44(4)88)70(116-79)58(95)49(92)37-83)68(53(41-87)111-76)113-73-56(81-45(5)89)69(60(97)51(39-85)108-73)114-77-72(62(99)59(96)50(38-84)109-77)115-75-64(101)61(98)57(94)43(3)107-75/h32,34,43,46-53,55-77,83-87,90-92,94-103H,6-31,33,35-42H2,1-5H3,(H,80,88)(H,81,89)(H,82,93)(H,104,105). The fourth-order valence-electron chi connectivity index (χ4n) is 15.7. The molecule has 6 rings (SSSR count). The van der Waals surface area contributed by atoms with Crippen molar-refractivity contribution in [3.05, 3.63) is 12.2 Å². The first-order chi connectivity index (χ1) is 56.0. The molecule has 0 aliphatic carbocycles. The highest BCUT2D eigenvalue weighted by Gasteiger charge is 2.63. The Morgan fingerprint density at radius 3 is 1.44 bits per heavy atom. The molecular weight excluding hydrogens is 1550 g/mol. The van der Waals surface area contributed by atoms with Gasteiger partial charge in [-0.3, -0.25) is 14.4 Å². The van der Waals surface area contributed by atoms with Crippen molar-refractivity contribution in [1.29, 1.82) is 0 Å². The third kappa shape index (κ3) is 30.4. The Morgan fingerprint density at radius 2 is 0.906 bits per heavy atom. The van der Waals surface area contributed by atoms with E-state index in [0.29, 0.717) is 12.8 Å². The zero-order valence-electron chi connectivity index (χ0n) is 68.4. The molecule has 33 unspecified atom stereocenters. The number of rotatable bonds is 54. The molecule has 0 radical (unpaired) electrons. The summed E-state index contributed by atoms with van der Waals surface area (Å²) in [5.41, 5.74) is 0. The lowest BCUT2D eigenvalue weighted by Crippen LogP contribution is -2.72. The van der Waals surface area contributed by atoms with Crippen LogP contribution in [0.15, 0.2) is 12.2 Å². The molecule has 682 valence electrons. The molecule has 3 amide bonds. The fourth-order valence-corrected chi connectivity index (χ4v) is 15.7. The van der Waals surface area contributed by atoms with Crippen molar-refractivity contribution in [3.63, 3.8) is 0 Å². The van der Waals surface area contributed by atoms with Gasteiger partial charge in [-0.1, -0.05) is 180 Å². The Labute approximate surface area is 684 Å². The van der Waals surface area contributed by atoms with Crippen molar-refractivity contribution in [1.82, 2.24) is 16.0 Å². The molecule has 0 aromatic rings. The zero-order chi connectivity index (χ0) is 86.1. The van der Waals surface area contributed by atoms with Gasteiger partial charge in [0.05, 0.1) is 70.0 Å². The van der Waals surface area contributed by atoms with Crippen LogP contribution in [-0.4, -0.2) is 362 Å². The van der Waals surface area contributed by atoms with Gasteiger partial charge in [-0.25, -0.2) is 4.79 Å². The molecule has 38 nitrogen and oxygen atoms in total. The molecule has 33 atom stereocenters. The molecule has 6 aliphatic rings. The van der Waals surface area contributed by atoms with Crippen molar-refractivity contribution < 1.29 is 173 Å². The number of aliphatic hydroxyl groups is 18. The fraction of sp³-hybridized carbons (Fsp3) is 0.924. The molecular formula is C79H141N3O35. The highest BCUT2D eigenvalue weighted by Crippen LogP contribution is 2.42. The normalized spacial score (nSPS) is 36.6. The number of ether oxygens (including phenoxy) is 12. The van der Waals surface area contributed by atoms with E-state index in [4.69, 9.17) is 56.8 Å². The van der Waals surface area contributed by atoms with Gasteiger partial charge in [0, 0.05) is 26.7 Å². The zero-order valence-corrected chi connectivity index (χ0v) is 68.4. The predicted molar refractivity (Wildman–Crippen MR) is 410 cm³/mol. The molecule has 0 aromatic heterocycles. The molecule has 38 heteroatoms. The molecule has 6 aliphatic heterocycles. The summed E-state index contributed by atoms with van der Waals surface area (Å²) in [6, 6.07) is -4.98. The van der Waals surface area contributed by atoms with E-state index in [9.17, 15) is 116 Å². The van der Waals surface area contributed by atoms with Gasteiger partial charge in [-0.2, -0.15) is 0 Å². The second-order valence-corrected chi connectivity index (χ2v) is 32.1. The maximum Gasteiger partial charge on any atom is 0.364 e. The molecule has 0 bridgehead atoms. The smallest absolute Gasteiger partial charge is 0.364 e. The summed E-state index contributed by atoms with van der Waals surface area (Å²) in [5, 5.41) is 221. The quantitative estimate of drug-likeness (QED) is 0.0227. The third-order valence-corrected chi connectivity index (χ3v) is 22.7. The second kappa shape index (κ2) is 52.9. The SMILES string of the molecule is CCCCCCCCCCCCCC=CC(O)C(COC1OC(CO)C(OC2OC(CO)C(OC3OC(CO)C(O)C(OC4OC(CO)C(O)C(O)C4OC4OC(C)C(O)C(O)C4O)C3NC(C)=O)C(OC3(C(=O)O)CC(O)C(NC(C)=O)C(C(O)C(O)CO)O3)C2O)C(O)C1O)NC(=O)CCCCCCCCCCCCCCCCC. The number of amides is 3. The largest absolute Gasteiger partial charge is 0.477 e. The molecule has 0 aromatic carbocycles. The van der Waals surface area contributed by atoms with Crippen LogP contribution in [0.4, 0.5) is 0 Å². The number of aliphatic carboxylic acids is 1. The van der Waals surface area contributed by atoms with Crippen LogP contribution < -0.4 is 16.0 Å². The van der Waals surface area contributed by atoms with Gasteiger partial charge in [0.15, 0.2) is 31.5 Å². The maximum atomic E-state index is 14.0. The molecule has 6 saturated heterocycles. The van der Waals surface area contributed by atoms with Gasteiger partial charge in [0.2, 0.25) is 17.7 Å². The molecule has 22 N–H and O–H groups in total. The van der Waals surface area contributed by atoms with E-state index in [1.807, 2.05) is 0 Å². The second-order valence-electron chi connectivity index (χ2n) is 32.1.